The number of carboxylic acid groups (broad SMARTS) is 1. The van der Waals surface area contributed by atoms with Gasteiger partial charge in [0, 0.05) is 13.0 Å². The van der Waals surface area contributed by atoms with E-state index in [1.165, 1.54) is 0 Å². The van der Waals surface area contributed by atoms with Gasteiger partial charge >= 0.3 is 5.97 Å². The van der Waals surface area contributed by atoms with Crippen LogP contribution in [0.1, 0.15) is 77.0 Å². The third-order valence-corrected chi connectivity index (χ3v) is 3.91. The Morgan fingerprint density at radius 2 is 1.48 bits per heavy atom. The zero-order valence-corrected chi connectivity index (χ0v) is 14.2. The van der Waals surface area contributed by atoms with Gasteiger partial charge in [0.25, 0.3) is 0 Å². The van der Waals surface area contributed by atoms with Crippen LogP contribution in [0.25, 0.3) is 0 Å². The molecule has 0 aliphatic carbocycles. The normalized spacial score (nSPS) is 14.2. The molecule has 0 aromatic rings. The van der Waals surface area contributed by atoms with Gasteiger partial charge in [-0.2, -0.15) is 0 Å². The molecule has 5 heteroatoms. The Balaban J connectivity index is 3.49. The first-order valence-corrected chi connectivity index (χ1v) is 8.91. The molecule has 2 atom stereocenters. The Bertz CT molecular complexity index is 304. The average molecular weight is 330 g/mol. The second-order valence-electron chi connectivity index (χ2n) is 6.11. The summed E-state index contributed by atoms with van der Waals surface area (Å²) < 4.78 is 0. The lowest BCUT2D eigenvalue weighted by Gasteiger charge is -2.16. The number of allylic oxidation sites excluding steroid dienone is 1. The molecular formula is C18H34O5. The molecule has 0 unspecified atom stereocenters. The van der Waals surface area contributed by atoms with E-state index in [0.29, 0.717) is 19.3 Å². The quantitative estimate of drug-likeness (QED) is 0.258. The van der Waals surface area contributed by atoms with Gasteiger partial charge in [0.05, 0.1) is 12.2 Å². The van der Waals surface area contributed by atoms with Crippen LogP contribution in [0.3, 0.4) is 0 Å². The van der Waals surface area contributed by atoms with Crippen LogP contribution < -0.4 is 0 Å². The van der Waals surface area contributed by atoms with Gasteiger partial charge in [-0.3, -0.25) is 4.79 Å². The van der Waals surface area contributed by atoms with Crippen LogP contribution in [0.2, 0.25) is 0 Å². The second-order valence-corrected chi connectivity index (χ2v) is 6.11. The van der Waals surface area contributed by atoms with E-state index in [4.69, 9.17) is 10.2 Å². The highest BCUT2D eigenvalue weighted by molar-refractivity contribution is 5.66. The molecule has 4 N–H and O–H groups in total. The highest BCUT2D eigenvalue weighted by Gasteiger charge is 2.13. The first-order chi connectivity index (χ1) is 11.1. The minimum absolute atomic E-state index is 0.230. The maximum atomic E-state index is 10.3. The monoisotopic (exact) mass is 330 g/mol. The van der Waals surface area contributed by atoms with E-state index in [0.717, 1.165) is 51.4 Å². The van der Waals surface area contributed by atoms with Gasteiger partial charge in [-0.25, -0.2) is 0 Å². The van der Waals surface area contributed by atoms with Crippen LogP contribution in [0.15, 0.2) is 12.2 Å². The van der Waals surface area contributed by atoms with Crippen LogP contribution in [-0.4, -0.2) is 45.2 Å². The van der Waals surface area contributed by atoms with Crippen LogP contribution in [0, 0.1) is 0 Å². The van der Waals surface area contributed by atoms with E-state index in [1.54, 1.807) is 0 Å². The minimum atomic E-state index is -0.745. The Labute approximate surface area is 140 Å². The summed E-state index contributed by atoms with van der Waals surface area (Å²) in [4.78, 5) is 10.3. The number of carbonyl (C=O) groups is 1. The van der Waals surface area contributed by atoms with E-state index < -0.39 is 18.2 Å². The number of carboxylic acids is 1. The smallest absolute Gasteiger partial charge is 0.303 e. The Morgan fingerprint density at radius 1 is 0.826 bits per heavy atom. The van der Waals surface area contributed by atoms with Crippen LogP contribution in [0.4, 0.5) is 0 Å². The number of aliphatic hydroxyl groups excluding tert-OH is 3. The van der Waals surface area contributed by atoms with Crippen molar-refractivity contribution in [3.8, 4) is 0 Å². The number of hydrogen-bond donors (Lipinski definition) is 4. The summed E-state index contributed by atoms with van der Waals surface area (Å²) >= 11 is 0. The Hall–Kier alpha value is -0.910. The third-order valence-electron chi connectivity index (χ3n) is 3.91. The van der Waals surface area contributed by atoms with Crippen molar-refractivity contribution in [2.45, 2.75) is 89.3 Å². The van der Waals surface area contributed by atoms with Crippen LogP contribution in [-0.2, 0) is 4.79 Å². The Kier molecular flexibility index (Phi) is 15.3. The van der Waals surface area contributed by atoms with Crippen molar-refractivity contribution in [2.75, 3.05) is 6.61 Å². The fraction of sp³-hybridized carbons (Fsp3) is 0.833. The van der Waals surface area contributed by atoms with Gasteiger partial charge in [0.1, 0.15) is 0 Å². The van der Waals surface area contributed by atoms with Crippen molar-refractivity contribution in [1.82, 2.24) is 0 Å². The highest BCUT2D eigenvalue weighted by Crippen LogP contribution is 2.12. The average Bonchev–Trinajstić information content (AvgIpc) is 2.52. The fourth-order valence-corrected chi connectivity index (χ4v) is 2.41. The molecule has 0 heterocycles. The topological polar surface area (TPSA) is 98.0 Å². The summed E-state index contributed by atoms with van der Waals surface area (Å²) in [5.74, 6) is -0.745. The van der Waals surface area contributed by atoms with E-state index in [1.807, 2.05) is 12.2 Å². The largest absolute Gasteiger partial charge is 0.481 e. The van der Waals surface area contributed by atoms with Crippen molar-refractivity contribution < 1.29 is 25.2 Å². The first kappa shape index (κ1) is 22.1. The minimum Gasteiger partial charge on any atom is -0.481 e. The van der Waals surface area contributed by atoms with Crippen molar-refractivity contribution in [2.24, 2.45) is 0 Å². The van der Waals surface area contributed by atoms with Crippen LogP contribution >= 0.6 is 0 Å². The molecule has 0 saturated carbocycles. The van der Waals surface area contributed by atoms with Gasteiger partial charge in [0.15, 0.2) is 0 Å². The zero-order valence-electron chi connectivity index (χ0n) is 14.2. The lowest BCUT2D eigenvalue weighted by atomic mass is 10.0. The molecule has 0 aromatic carbocycles. The molecule has 0 aromatic heterocycles. The zero-order chi connectivity index (χ0) is 17.3. The summed E-state index contributed by atoms with van der Waals surface area (Å²) in [6.45, 7) is 0.244. The molecule has 0 aliphatic heterocycles. The SMILES string of the molecule is O=C(O)CCCCCCC[C@@H](O)[C@@H](O)C/C=C\CCCCCO. The number of unbranched alkanes of at least 4 members (excludes halogenated alkanes) is 7. The highest BCUT2D eigenvalue weighted by atomic mass is 16.4. The predicted octanol–water partition coefficient (Wildman–Crippen LogP) is 3.02. The van der Waals surface area contributed by atoms with E-state index in [-0.39, 0.29) is 13.0 Å². The molecule has 0 aliphatic rings. The summed E-state index contributed by atoms with van der Waals surface area (Å²) in [5.41, 5.74) is 0. The fourth-order valence-electron chi connectivity index (χ4n) is 2.41. The van der Waals surface area contributed by atoms with Gasteiger partial charge in [0.2, 0.25) is 0 Å². The summed E-state index contributed by atoms with van der Waals surface area (Å²) in [6.07, 6.45) is 12.1. The van der Waals surface area contributed by atoms with Gasteiger partial charge in [-0.05, 0) is 38.5 Å². The number of aliphatic hydroxyl groups is 3. The lowest BCUT2D eigenvalue weighted by molar-refractivity contribution is -0.137. The number of rotatable bonds is 16. The predicted molar refractivity (Wildman–Crippen MR) is 91.3 cm³/mol. The number of aliphatic carboxylic acids is 1. The molecule has 23 heavy (non-hydrogen) atoms. The number of hydrogen-bond acceptors (Lipinski definition) is 4. The van der Waals surface area contributed by atoms with E-state index >= 15 is 0 Å². The molecule has 0 amide bonds. The molecule has 0 fully saturated rings. The van der Waals surface area contributed by atoms with Gasteiger partial charge < -0.3 is 20.4 Å². The van der Waals surface area contributed by atoms with Gasteiger partial charge in [-0.1, -0.05) is 44.3 Å². The molecule has 0 rings (SSSR count). The van der Waals surface area contributed by atoms with Crippen molar-refractivity contribution in [3.05, 3.63) is 12.2 Å². The van der Waals surface area contributed by atoms with Crippen molar-refractivity contribution >= 4 is 5.97 Å². The van der Waals surface area contributed by atoms with Gasteiger partial charge in [-0.15, -0.1) is 0 Å². The van der Waals surface area contributed by atoms with E-state index in [2.05, 4.69) is 0 Å². The molecule has 136 valence electrons. The summed E-state index contributed by atoms with van der Waals surface area (Å²) in [5, 5.41) is 36.9. The lowest BCUT2D eigenvalue weighted by Crippen LogP contribution is -2.25. The molecule has 0 radical (unpaired) electrons. The van der Waals surface area contributed by atoms with Crippen LogP contribution in [0.5, 0.6) is 0 Å². The van der Waals surface area contributed by atoms with Crippen molar-refractivity contribution in [1.29, 1.82) is 0 Å². The maximum Gasteiger partial charge on any atom is 0.303 e. The Morgan fingerprint density at radius 3 is 2.17 bits per heavy atom. The summed E-state index contributed by atoms with van der Waals surface area (Å²) in [6, 6.07) is 0. The standard InChI is InChI=1S/C18H34O5/c19-15-11-7-2-1-4-8-12-16(20)17(21)13-9-5-3-6-10-14-18(22)23/h4,8,16-17,19-21H,1-3,5-7,9-15H2,(H,22,23)/b8-4-/t16-,17+/m0/s1. The molecule has 0 saturated heterocycles. The second kappa shape index (κ2) is 16.0. The molecule has 0 spiro atoms. The summed E-state index contributed by atoms with van der Waals surface area (Å²) in [7, 11) is 0. The van der Waals surface area contributed by atoms with E-state index in [9.17, 15) is 15.0 Å². The third kappa shape index (κ3) is 15.8. The maximum absolute atomic E-state index is 10.3. The van der Waals surface area contributed by atoms with Crippen molar-refractivity contribution in [3.63, 3.8) is 0 Å². The first-order valence-electron chi connectivity index (χ1n) is 8.91. The molecule has 0 bridgehead atoms. The molecule has 5 nitrogen and oxygen atoms in total. The molecular weight excluding hydrogens is 296 g/mol.